The van der Waals surface area contributed by atoms with Crippen molar-refractivity contribution in [2.45, 2.75) is 19.9 Å². The summed E-state index contributed by atoms with van der Waals surface area (Å²) in [5, 5.41) is 0. The topological polar surface area (TPSA) is 39.9 Å². The van der Waals surface area contributed by atoms with E-state index < -0.39 is 0 Å². The van der Waals surface area contributed by atoms with Crippen molar-refractivity contribution < 1.29 is 4.74 Å². The smallest absolute Gasteiger partial charge is 0.215 e. The fourth-order valence-corrected chi connectivity index (χ4v) is 1.39. The molecule has 0 aliphatic carbocycles. The molecule has 0 aliphatic rings. The Morgan fingerprint density at radius 1 is 1.36 bits per heavy atom. The van der Waals surface area contributed by atoms with E-state index in [9.17, 15) is 0 Å². The Hall–Kier alpha value is -1.58. The monoisotopic (exact) mass is 191 g/mol. The Bertz CT molecular complexity index is 448. The van der Waals surface area contributed by atoms with Gasteiger partial charge in [0.15, 0.2) is 5.65 Å². The lowest BCUT2D eigenvalue weighted by Crippen LogP contribution is -2.00. The molecule has 0 radical (unpaired) electrons. The van der Waals surface area contributed by atoms with E-state index in [-0.39, 0.29) is 0 Å². The number of ether oxygens (including phenoxy) is 1. The Labute approximate surface area is 82.5 Å². The minimum Gasteiger partial charge on any atom is -0.481 e. The van der Waals surface area contributed by atoms with Gasteiger partial charge in [-0.1, -0.05) is 0 Å². The summed E-state index contributed by atoms with van der Waals surface area (Å²) in [4.78, 5) is 8.61. The van der Waals surface area contributed by atoms with Crippen LogP contribution in [-0.4, -0.2) is 21.6 Å². The van der Waals surface area contributed by atoms with E-state index in [1.165, 1.54) is 0 Å². The lowest BCUT2D eigenvalue weighted by Gasteiger charge is -2.07. The molecule has 0 bridgehead atoms. The van der Waals surface area contributed by atoms with Gasteiger partial charge in [-0.25, -0.2) is 4.98 Å². The summed E-state index contributed by atoms with van der Waals surface area (Å²) in [6, 6.07) is 4.10. The van der Waals surface area contributed by atoms with Crippen LogP contribution < -0.4 is 4.74 Å². The first-order valence-electron chi connectivity index (χ1n) is 4.60. The van der Waals surface area contributed by atoms with E-state index >= 15 is 0 Å². The summed E-state index contributed by atoms with van der Waals surface area (Å²) in [7, 11) is 1.62. The third kappa shape index (κ3) is 1.32. The summed E-state index contributed by atoms with van der Waals surface area (Å²) in [5.41, 5.74) is 1.78. The molecular weight excluding hydrogens is 178 g/mol. The number of pyridine rings is 1. The van der Waals surface area contributed by atoms with Crippen molar-refractivity contribution in [2.24, 2.45) is 0 Å². The van der Waals surface area contributed by atoms with Gasteiger partial charge < -0.3 is 9.30 Å². The first-order chi connectivity index (χ1) is 6.72. The van der Waals surface area contributed by atoms with Crippen LogP contribution in [0.25, 0.3) is 11.2 Å². The maximum Gasteiger partial charge on any atom is 0.215 e. The molecule has 74 valence electrons. The van der Waals surface area contributed by atoms with Crippen molar-refractivity contribution in [2.75, 3.05) is 7.11 Å². The molecule has 0 saturated heterocycles. The molecule has 0 fully saturated rings. The van der Waals surface area contributed by atoms with Gasteiger partial charge in [-0.2, -0.15) is 4.98 Å². The SMILES string of the molecule is COc1ccc2ncn(C(C)C)c2n1. The average Bonchev–Trinajstić information content (AvgIpc) is 2.59. The number of rotatable bonds is 2. The van der Waals surface area contributed by atoms with E-state index in [1.807, 2.05) is 23.0 Å². The number of hydrogen-bond donors (Lipinski definition) is 0. The van der Waals surface area contributed by atoms with Crippen molar-refractivity contribution in [3.05, 3.63) is 18.5 Å². The molecule has 0 spiro atoms. The van der Waals surface area contributed by atoms with Gasteiger partial charge in [0.2, 0.25) is 5.88 Å². The highest BCUT2D eigenvalue weighted by atomic mass is 16.5. The molecule has 4 heteroatoms. The highest BCUT2D eigenvalue weighted by molar-refractivity contribution is 5.71. The second kappa shape index (κ2) is 3.29. The predicted octanol–water partition coefficient (Wildman–Crippen LogP) is 2.02. The third-order valence-electron chi connectivity index (χ3n) is 2.16. The second-order valence-corrected chi connectivity index (χ2v) is 3.44. The average molecular weight is 191 g/mol. The van der Waals surface area contributed by atoms with Gasteiger partial charge in [0, 0.05) is 12.1 Å². The molecular formula is C10H13N3O. The molecule has 14 heavy (non-hydrogen) atoms. The molecule has 0 unspecified atom stereocenters. The molecule has 2 aromatic rings. The van der Waals surface area contributed by atoms with Crippen LogP contribution in [0.5, 0.6) is 5.88 Å². The fourth-order valence-electron chi connectivity index (χ4n) is 1.39. The lowest BCUT2D eigenvalue weighted by molar-refractivity contribution is 0.398. The molecule has 4 nitrogen and oxygen atoms in total. The Morgan fingerprint density at radius 3 is 2.79 bits per heavy atom. The number of methoxy groups -OCH3 is 1. The number of fused-ring (bicyclic) bond motifs is 1. The molecule has 0 aliphatic heterocycles. The number of nitrogens with zero attached hydrogens (tertiary/aromatic N) is 3. The first-order valence-corrected chi connectivity index (χ1v) is 4.60. The highest BCUT2D eigenvalue weighted by Crippen LogP contribution is 2.18. The van der Waals surface area contributed by atoms with E-state index in [4.69, 9.17) is 4.74 Å². The molecule has 0 saturated carbocycles. The van der Waals surface area contributed by atoms with Crippen LogP contribution in [0.15, 0.2) is 18.5 Å². The Balaban J connectivity index is 2.63. The Kier molecular flexibility index (Phi) is 2.11. The van der Waals surface area contributed by atoms with Crippen LogP contribution in [0.4, 0.5) is 0 Å². The Morgan fingerprint density at radius 2 is 2.14 bits per heavy atom. The predicted molar refractivity (Wildman–Crippen MR) is 54.5 cm³/mol. The summed E-state index contributed by atoms with van der Waals surface area (Å²) in [6.07, 6.45) is 1.81. The number of hydrogen-bond acceptors (Lipinski definition) is 3. The van der Waals surface area contributed by atoms with Crippen molar-refractivity contribution in [1.29, 1.82) is 0 Å². The van der Waals surface area contributed by atoms with Gasteiger partial charge in [-0.3, -0.25) is 0 Å². The number of imidazole rings is 1. The summed E-state index contributed by atoms with van der Waals surface area (Å²) in [5.74, 6) is 0.625. The second-order valence-electron chi connectivity index (χ2n) is 3.44. The molecule has 0 amide bonds. The van der Waals surface area contributed by atoms with Crippen molar-refractivity contribution in [3.8, 4) is 5.88 Å². The maximum absolute atomic E-state index is 5.07. The van der Waals surface area contributed by atoms with Crippen molar-refractivity contribution >= 4 is 11.2 Å². The lowest BCUT2D eigenvalue weighted by atomic mass is 10.4. The van der Waals surface area contributed by atoms with Crippen molar-refractivity contribution in [1.82, 2.24) is 14.5 Å². The van der Waals surface area contributed by atoms with Crippen LogP contribution in [-0.2, 0) is 0 Å². The molecule has 2 rings (SSSR count). The van der Waals surface area contributed by atoms with E-state index in [0.29, 0.717) is 11.9 Å². The molecule has 2 aromatic heterocycles. The molecule has 0 atom stereocenters. The zero-order valence-electron chi connectivity index (χ0n) is 8.56. The van der Waals surface area contributed by atoms with Crippen LogP contribution in [0, 0.1) is 0 Å². The number of aromatic nitrogens is 3. The first kappa shape index (κ1) is 8.99. The summed E-state index contributed by atoms with van der Waals surface area (Å²) in [6.45, 7) is 4.20. The van der Waals surface area contributed by atoms with Gasteiger partial charge in [-0.15, -0.1) is 0 Å². The van der Waals surface area contributed by atoms with Crippen molar-refractivity contribution in [3.63, 3.8) is 0 Å². The van der Waals surface area contributed by atoms with Gasteiger partial charge >= 0.3 is 0 Å². The van der Waals surface area contributed by atoms with E-state index in [2.05, 4.69) is 23.8 Å². The van der Waals surface area contributed by atoms with Crippen LogP contribution in [0.3, 0.4) is 0 Å². The van der Waals surface area contributed by atoms with Crippen LogP contribution in [0.2, 0.25) is 0 Å². The minimum absolute atomic E-state index is 0.361. The zero-order valence-corrected chi connectivity index (χ0v) is 8.56. The molecule has 2 heterocycles. The fraction of sp³-hybridized carbons (Fsp3) is 0.400. The van der Waals surface area contributed by atoms with Crippen LogP contribution >= 0.6 is 0 Å². The van der Waals surface area contributed by atoms with Gasteiger partial charge in [0.25, 0.3) is 0 Å². The normalized spacial score (nSPS) is 11.1. The third-order valence-corrected chi connectivity index (χ3v) is 2.16. The zero-order chi connectivity index (χ0) is 10.1. The minimum atomic E-state index is 0.361. The van der Waals surface area contributed by atoms with Gasteiger partial charge in [0.1, 0.15) is 5.52 Å². The maximum atomic E-state index is 5.07. The largest absolute Gasteiger partial charge is 0.481 e. The van der Waals surface area contributed by atoms with Crippen LogP contribution in [0.1, 0.15) is 19.9 Å². The van der Waals surface area contributed by atoms with Gasteiger partial charge in [-0.05, 0) is 19.9 Å². The van der Waals surface area contributed by atoms with E-state index in [0.717, 1.165) is 11.2 Å². The van der Waals surface area contributed by atoms with Gasteiger partial charge in [0.05, 0.1) is 13.4 Å². The standard InChI is InChI=1S/C10H13N3O/c1-7(2)13-6-11-8-4-5-9(14-3)12-10(8)13/h4-7H,1-3H3. The van der Waals surface area contributed by atoms with E-state index in [1.54, 1.807) is 7.11 Å². The summed E-state index contributed by atoms with van der Waals surface area (Å²) >= 11 is 0. The summed E-state index contributed by atoms with van der Waals surface area (Å²) < 4.78 is 7.10. The molecule has 0 N–H and O–H groups in total. The quantitative estimate of drug-likeness (QED) is 0.729. The highest BCUT2D eigenvalue weighted by Gasteiger charge is 2.07. The molecule has 0 aromatic carbocycles.